The zero-order valence-electron chi connectivity index (χ0n) is 11.2. The molecule has 1 aliphatic rings. The molecule has 0 bridgehead atoms. The summed E-state index contributed by atoms with van der Waals surface area (Å²) in [5.74, 6) is 1.79. The Kier molecular flexibility index (Phi) is 4.01. The Bertz CT molecular complexity index is 404. The zero-order valence-corrected chi connectivity index (χ0v) is 11.2. The molecule has 5 heteroatoms. The average Bonchev–Trinajstić information content (AvgIpc) is 3.18. The third kappa shape index (κ3) is 2.72. The van der Waals surface area contributed by atoms with Crippen LogP contribution in [0.2, 0.25) is 0 Å². The highest BCUT2D eigenvalue weighted by atomic mass is 16.3. The molecule has 0 unspecified atom stereocenters. The Morgan fingerprint density at radius 2 is 2.06 bits per heavy atom. The molecule has 1 aromatic heterocycles. The van der Waals surface area contributed by atoms with Crippen LogP contribution in [0.1, 0.15) is 31.7 Å². The Hall–Kier alpha value is -1.36. The maximum Gasteiger partial charge on any atom is 0.134 e. The van der Waals surface area contributed by atoms with Crippen LogP contribution >= 0.6 is 0 Å². The number of hydrogen-bond donors (Lipinski definition) is 3. The summed E-state index contributed by atoms with van der Waals surface area (Å²) >= 11 is 0. The van der Waals surface area contributed by atoms with Crippen molar-refractivity contribution in [3.05, 3.63) is 11.9 Å². The van der Waals surface area contributed by atoms with Crippen LogP contribution in [0.3, 0.4) is 0 Å². The predicted octanol–water partition coefficient (Wildman–Crippen LogP) is 1.66. The molecule has 100 valence electrons. The Morgan fingerprint density at radius 1 is 1.33 bits per heavy atom. The quantitative estimate of drug-likeness (QED) is 0.686. The van der Waals surface area contributed by atoms with Gasteiger partial charge in [0, 0.05) is 24.6 Å². The van der Waals surface area contributed by atoms with E-state index in [-0.39, 0.29) is 12.0 Å². The van der Waals surface area contributed by atoms with Crippen molar-refractivity contribution in [2.24, 2.45) is 5.41 Å². The fourth-order valence-corrected chi connectivity index (χ4v) is 2.11. The highest BCUT2D eigenvalue weighted by molar-refractivity contribution is 5.57. The van der Waals surface area contributed by atoms with Gasteiger partial charge in [-0.25, -0.2) is 9.97 Å². The van der Waals surface area contributed by atoms with E-state index in [1.54, 1.807) is 6.33 Å². The van der Waals surface area contributed by atoms with E-state index in [9.17, 15) is 5.11 Å². The lowest BCUT2D eigenvalue weighted by molar-refractivity contribution is 0.219. The number of rotatable bonds is 7. The Morgan fingerprint density at radius 3 is 2.61 bits per heavy atom. The molecule has 1 aliphatic carbocycles. The van der Waals surface area contributed by atoms with Gasteiger partial charge in [-0.3, -0.25) is 0 Å². The molecular formula is C13H22N4O. The number of anilines is 2. The third-order valence-electron chi connectivity index (χ3n) is 3.61. The van der Waals surface area contributed by atoms with E-state index in [0.717, 1.165) is 49.4 Å². The van der Waals surface area contributed by atoms with Crippen molar-refractivity contribution in [3.63, 3.8) is 0 Å². The molecule has 0 amide bonds. The second kappa shape index (κ2) is 5.52. The van der Waals surface area contributed by atoms with Crippen molar-refractivity contribution in [2.75, 3.05) is 30.8 Å². The van der Waals surface area contributed by atoms with Crippen molar-refractivity contribution in [3.8, 4) is 0 Å². The van der Waals surface area contributed by atoms with Crippen molar-refractivity contribution >= 4 is 11.6 Å². The van der Waals surface area contributed by atoms with E-state index in [1.165, 1.54) is 0 Å². The van der Waals surface area contributed by atoms with Gasteiger partial charge >= 0.3 is 0 Å². The molecule has 0 aromatic carbocycles. The van der Waals surface area contributed by atoms with Crippen LogP contribution in [0.5, 0.6) is 0 Å². The van der Waals surface area contributed by atoms with Gasteiger partial charge in [0.1, 0.15) is 18.0 Å². The van der Waals surface area contributed by atoms with E-state index in [4.69, 9.17) is 0 Å². The molecule has 1 fully saturated rings. The smallest absolute Gasteiger partial charge is 0.134 e. The van der Waals surface area contributed by atoms with E-state index < -0.39 is 0 Å². The summed E-state index contributed by atoms with van der Waals surface area (Å²) in [6.07, 6.45) is 5.78. The van der Waals surface area contributed by atoms with Crippen LogP contribution in [0.15, 0.2) is 6.33 Å². The lowest BCUT2D eigenvalue weighted by Gasteiger charge is -2.17. The van der Waals surface area contributed by atoms with Gasteiger partial charge < -0.3 is 15.7 Å². The van der Waals surface area contributed by atoms with Crippen LogP contribution < -0.4 is 10.6 Å². The first kappa shape index (κ1) is 13.1. The Labute approximate surface area is 108 Å². The molecule has 0 atom stereocenters. The normalized spacial score (nSPS) is 16.4. The molecule has 0 radical (unpaired) electrons. The monoisotopic (exact) mass is 250 g/mol. The maximum absolute atomic E-state index is 9.32. The second-order valence-corrected chi connectivity index (χ2v) is 5.06. The van der Waals surface area contributed by atoms with Gasteiger partial charge in [-0.05, 0) is 19.3 Å². The highest BCUT2D eigenvalue weighted by Gasteiger charge is 2.41. The maximum atomic E-state index is 9.32. The van der Waals surface area contributed by atoms with Crippen molar-refractivity contribution in [1.82, 2.24) is 9.97 Å². The average molecular weight is 250 g/mol. The lowest BCUT2D eigenvalue weighted by Crippen LogP contribution is -2.20. The number of nitrogens with zero attached hydrogens (tertiary/aromatic N) is 2. The number of aliphatic hydroxyl groups excluding tert-OH is 1. The van der Waals surface area contributed by atoms with Crippen LogP contribution in [-0.4, -0.2) is 35.3 Å². The summed E-state index contributed by atoms with van der Waals surface area (Å²) in [7, 11) is 1.88. The van der Waals surface area contributed by atoms with Crippen LogP contribution in [-0.2, 0) is 6.42 Å². The minimum Gasteiger partial charge on any atom is -0.396 e. The van der Waals surface area contributed by atoms with Gasteiger partial charge in [-0.2, -0.15) is 0 Å². The minimum atomic E-state index is 0.0915. The third-order valence-corrected chi connectivity index (χ3v) is 3.61. The van der Waals surface area contributed by atoms with Crippen LogP contribution in [0.4, 0.5) is 11.6 Å². The van der Waals surface area contributed by atoms with Gasteiger partial charge in [-0.1, -0.05) is 13.3 Å². The van der Waals surface area contributed by atoms with Crippen LogP contribution in [0.25, 0.3) is 0 Å². The van der Waals surface area contributed by atoms with Crippen molar-refractivity contribution in [1.29, 1.82) is 0 Å². The van der Waals surface area contributed by atoms with Gasteiger partial charge in [0.25, 0.3) is 0 Å². The predicted molar refractivity (Wildman–Crippen MR) is 72.8 cm³/mol. The zero-order chi connectivity index (χ0) is 13.0. The van der Waals surface area contributed by atoms with E-state index in [0.29, 0.717) is 0 Å². The molecular weight excluding hydrogens is 228 g/mol. The van der Waals surface area contributed by atoms with Gasteiger partial charge in [0.15, 0.2) is 0 Å². The summed E-state index contributed by atoms with van der Waals surface area (Å²) in [5, 5.41) is 15.8. The fraction of sp³-hybridized carbons (Fsp3) is 0.692. The van der Waals surface area contributed by atoms with Gasteiger partial charge in [0.2, 0.25) is 0 Å². The number of nitrogens with one attached hydrogen (secondary N) is 2. The minimum absolute atomic E-state index is 0.0915. The first-order valence-corrected chi connectivity index (χ1v) is 6.61. The summed E-state index contributed by atoms with van der Waals surface area (Å²) in [6, 6.07) is 0. The molecule has 3 N–H and O–H groups in total. The van der Waals surface area contributed by atoms with Gasteiger partial charge in [-0.15, -0.1) is 0 Å². The van der Waals surface area contributed by atoms with Crippen molar-refractivity contribution in [2.45, 2.75) is 32.6 Å². The summed E-state index contributed by atoms with van der Waals surface area (Å²) in [4.78, 5) is 8.57. The van der Waals surface area contributed by atoms with Gasteiger partial charge in [0.05, 0.1) is 6.61 Å². The summed E-state index contributed by atoms with van der Waals surface area (Å²) in [6.45, 7) is 3.19. The fourth-order valence-electron chi connectivity index (χ4n) is 2.11. The van der Waals surface area contributed by atoms with Crippen molar-refractivity contribution < 1.29 is 5.11 Å². The first-order valence-electron chi connectivity index (χ1n) is 6.61. The van der Waals surface area contributed by atoms with E-state index in [2.05, 4.69) is 27.5 Å². The topological polar surface area (TPSA) is 70.1 Å². The molecule has 5 nitrogen and oxygen atoms in total. The lowest BCUT2D eigenvalue weighted by atomic mass is 10.1. The first-order chi connectivity index (χ1) is 8.74. The number of aliphatic hydroxyl groups is 1. The molecule has 1 saturated carbocycles. The second-order valence-electron chi connectivity index (χ2n) is 5.06. The molecule has 1 aromatic rings. The van der Waals surface area contributed by atoms with Crippen LogP contribution in [0, 0.1) is 5.41 Å². The summed E-state index contributed by atoms with van der Waals surface area (Å²) in [5.41, 5.74) is 1.23. The standard InChI is InChI=1S/C13H22N4O/c1-3-4-10-11(14-2)16-9-17-12(10)15-7-13(8-18)5-6-13/h9,18H,3-8H2,1-2H3,(H2,14,15,16,17). The van der Waals surface area contributed by atoms with E-state index >= 15 is 0 Å². The summed E-state index contributed by atoms with van der Waals surface area (Å²) < 4.78 is 0. The molecule has 0 saturated heterocycles. The molecule has 1 heterocycles. The number of aromatic nitrogens is 2. The molecule has 0 aliphatic heterocycles. The highest BCUT2D eigenvalue weighted by Crippen LogP contribution is 2.45. The molecule has 2 rings (SSSR count). The Balaban J connectivity index is 2.10. The molecule has 0 spiro atoms. The number of hydrogen-bond acceptors (Lipinski definition) is 5. The largest absolute Gasteiger partial charge is 0.396 e. The van der Waals surface area contributed by atoms with E-state index in [1.807, 2.05) is 7.05 Å². The molecule has 18 heavy (non-hydrogen) atoms. The SMILES string of the molecule is CCCc1c(NC)ncnc1NCC1(CO)CC1.